The van der Waals surface area contributed by atoms with E-state index < -0.39 is 6.04 Å². The minimum Gasteiger partial charge on any atom is -0.331 e. The highest BCUT2D eigenvalue weighted by Crippen LogP contribution is 2.31. The number of urea groups is 1. The van der Waals surface area contributed by atoms with Crippen LogP contribution in [0.3, 0.4) is 0 Å². The van der Waals surface area contributed by atoms with E-state index in [0.29, 0.717) is 40.8 Å². The number of carbonyl (C=O) groups is 3. The highest BCUT2D eigenvalue weighted by atomic mass is 16.2. The lowest BCUT2D eigenvalue weighted by molar-refractivity contribution is -0.121. The molecule has 6 rings (SSSR count). The van der Waals surface area contributed by atoms with Gasteiger partial charge in [0, 0.05) is 40.6 Å². The van der Waals surface area contributed by atoms with Crippen LogP contribution >= 0.6 is 0 Å². The number of aliphatic imine (C=N–C) groups is 1. The lowest BCUT2D eigenvalue weighted by atomic mass is 9.93. The van der Waals surface area contributed by atoms with Crippen LogP contribution < -0.4 is 26.2 Å². The number of hydrogen-bond acceptors (Lipinski definition) is 8. The Bertz CT molecular complexity index is 1960. The summed E-state index contributed by atoms with van der Waals surface area (Å²) in [6.07, 6.45) is 21.2. The Morgan fingerprint density at radius 3 is 2.65 bits per heavy atom. The lowest BCUT2D eigenvalue weighted by Gasteiger charge is -2.30. The zero-order valence-electron chi connectivity index (χ0n) is 27.5. The molecular formula is C37H37N9O3. The predicted molar refractivity (Wildman–Crippen MR) is 192 cm³/mol. The molecule has 0 saturated heterocycles. The summed E-state index contributed by atoms with van der Waals surface area (Å²) in [5.41, 5.74) is 5.31. The molecule has 1 aliphatic carbocycles. The molecule has 4 N–H and O–H groups in total. The first kappa shape index (κ1) is 32.8. The molecule has 4 amide bonds. The van der Waals surface area contributed by atoms with Gasteiger partial charge in [-0.3, -0.25) is 29.8 Å². The van der Waals surface area contributed by atoms with Gasteiger partial charge in [0.05, 0.1) is 24.1 Å². The van der Waals surface area contributed by atoms with Crippen LogP contribution in [0.1, 0.15) is 36.6 Å². The van der Waals surface area contributed by atoms with Gasteiger partial charge in [-0.2, -0.15) is 4.98 Å². The van der Waals surface area contributed by atoms with E-state index in [1.165, 1.54) is 6.20 Å². The van der Waals surface area contributed by atoms with E-state index in [1.807, 2.05) is 51.1 Å². The molecule has 248 valence electrons. The summed E-state index contributed by atoms with van der Waals surface area (Å²) in [6, 6.07) is 8.21. The van der Waals surface area contributed by atoms with Gasteiger partial charge >= 0.3 is 6.03 Å². The number of hydrogen-bond donors (Lipinski definition) is 4. The fraction of sp³-hybridized carbons (Fsp3) is 0.216. The second-order valence-corrected chi connectivity index (χ2v) is 12.0. The monoisotopic (exact) mass is 655 g/mol. The summed E-state index contributed by atoms with van der Waals surface area (Å²) >= 11 is 0. The van der Waals surface area contributed by atoms with Crippen molar-refractivity contribution in [1.82, 2.24) is 20.3 Å². The van der Waals surface area contributed by atoms with Crippen molar-refractivity contribution in [3.63, 3.8) is 0 Å². The number of nitrogens with zero attached hydrogens (tertiary/aromatic N) is 5. The van der Waals surface area contributed by atoms with Crippen LogP contribution in [0.5, 0.6) is 0 Å². The maximum absolute atomic E-state index is 13.4. The topological polar surface area (TPSA) is 154 Å². The largest absolute Gasteiger partial charge is 0.331 e. The van der Waals surface area contributed by atoms with Crippen LogP contribution in [0.4, 0.5) is 33.6 Å². The first-order valence-electron chi connectivity index (χ1n) is 16.0. The van der Waals surface area contributed by atoms with Gasteiger partial charge in [-0.25, -0.2) is 9.78 Å². The van der Waals surface area contributed by atoms with E-state index in [-0.39, 0.29) is 30.3 Å². The average molecular weight is 656 g/mol. The Labute approximate surface area is 284 Å². The summed E-state index contributed by atoms with van der Waals surface area (Å²) in [7, 11) is 0. The van der Waals surface area contributed by atoms with Gasteiger partial charge in [0.1, 0.15) is 11.9 Å². The zero-order valence-corrected chi connectivity index (χ0v) is 27.5. The minimum atomic E-state index is -0.558. The minimum absolute atomic E-state index is 0.228. The van der Waals surface area contributed by atoms with Gasteiger partial charge < -0.3 is 16.0 Å². The zero-order chi connectivity index (χ0) is 34.3. The second-order valence-electron chi connectivity index (χ2n) is 12.0. The second kappa shape index (κ2) is 14.7. The van der Waals surface area contributed by atoms with Crippen molar-refractivity contribution < 1.29 is 14.4 Å². The van der Waals surface area contributed by atoms with Crippen LogP contribution in [0.2, 0.25) is 0 Å². The van der Waals surface area contributed by atoms with Gasteiger partial charge in [-0.1, -0.05) is 36.4 Å². The molecular weight excluding hydrogens is 618 g/mol. The summed E-state index contributed by atoms with van der Waals surface area (Å²) in [5, 5.41) is 11.7. The fourth-order valence-electron chi connectivity index (χ4n) is 5.56. The number of nitrogens with one attached hydrogen (secondary N) is 4. The highest BCUT2D eigenvalue weighted by molar-refractivity contribution is 6.08. The molecule has 2 aliphatic heterocycles. The molecule has 0 spiro atoms. The molecule has 0 saturated carbocycles. The Morgan fingerprint density at radius 2 is 1.86 bits per heavy atom. The molecule has 2 aromatic heterocycles. The summed E-state index contributed by atoms with van der Waals surface area (Å²) in [4.78, 5) is 59.2. The molecule has 0 fully saturated rings. The third kappa shape index (κ3) is 8.22. The van der Waals surface area contributed by atoms with Crippen molar-refractivity contribution in [3.8, 4) is 0 Å². The standard InChI is InChI=1S/C37H37N9O3/c1-23-12-14-29(19-32(23)46-22-28-20-40-36(44-33(28)45-37(46)49)43-30-15-13-24(2)39-21-30)42-34(47)27-11-7-8-25(3)41-31(35(48)38-17-16-27)18-26-9-5-4-6-10-26/h4-9,11-17,19-21,26,31H,10,18,22H2,1-3H3,(H,38,48)(H,42,47)(H2,40,43,44,45,49)/b8-7+,17-16+,27-11+,41-25-/t26?,31-/m0/s1. The van der Waals surface area contributed by atoms with Crippen LogP contribution in [0, 0.1) is 19.8 Å². The molecule has 0 bridgehead atoms. The molecule has 3 aromatic rings. The summed E-state index contributed by atoms with van der Waals surface area (Å²) in [5.74, 6) is 0.358. The fourth-order valence-corrected chi connectivity index (χ4v) is 5.56. The maximum atomic E-state index is 13.4. The van der Waals surface area contributed by atoms with Crippen LogP contribution in [0.15, 0.2) is 108 Å². The van der Waals surface area contributed by atoms with E-state index >= 15 is 0 Å². The number of aryl methyl sites for hydroxylation is 2. The van der Waals surface area contributed by atoms with Crippen molar-refractivity contribution in [3.05, 3.63) is 120 Å². The third-order valence-electron chi connectivity index (χ3n) is 8.21. The van der Waals surface area contributed by atoms with E-state index in [9.17, 15) is 14.4 Å². The Kier molecular flexibility index (Phi) is 9.84. The number of anilines is 5. The van der Waals surface area contributed by atoms with Crippen molar-refractivity contribution in [2.45, 2.75) is 46.2 Å². The number of rotatable bonds is 7. The molecule has 1 aromatic carbocycles. The molecule has 3 aliphatic rings. The maximum Gasteiger partial charge on any atom is 0.327 e. The Balaban J connectivity index is 1.14. The van der Waals surface area contributed by atoms with E-state index in [4.69, 9.17) is 0 Å². The van der Waals surface area contributed by atoms with Gasteiger partial charge in [-0.15, -0.1) is 0 Å². The van der Waals surface area contributed by atoms with Gasteiger partial charge in [0.2, 0.25) is 11.9 Å². The number of fused-ring (bicyclic) bond motifs is 1. The number of amides is 4. The Morgan fingerprint density at radius 1 is 1.00 bits per heavy atom. The highest BCUT2D eigenvalue weighted by Gasteiger charge is 2.27. The van der Waals surface area contributed by atoms with Crippen LogP contribution in [-0.2, 0) is 16.1 Å². The molecule has 1 unspecified atom stereocenters. The quantitative estimate of drug-likeness (QED) is 0.236. The molecule has 2 atom stereocenters. The van der Waals surface area contributed by atoms with Gasteiger partial charge in [0.15, 0.2) is 0 Å². The molecule has 49 heavy (non-hydrogen) atoms. The smallest absolute Gasteiger partial charge is 0.327 e. The van der Waals surface area contributed by atoms with Crippen LogP contribution in [-0.4, -0.2) is 44.6 Å². The predicted octanol–water partition coefficient (Wildman–Crippen LogP) is 6.20. The SMILES string of the molecule is CC1=N/[C@@H](CC2C=CC=CC2)C(=O)N/C=C/C(C(=O)Nc2ccc(C)c(N3Cc4cnc(Nc5ccc(C)nc5)nc4NC3=O)c2)=C\C=C\1. The molecule has 12 nitrogen and oxygen atoms in total. The number of carbonyl (C=O) groups excluding carboxylic acids is 3. The summed E-state index contributed by atoms with van der Waals surface area (Å²) < 4.78 is 0. The van der Waals surface area contributed by atoms with Crippen molar-refractivity contribution in [2.75, 3.05) is 20.9 Å². The number of allylic oxidation sites excluding steroid dienone is 7. The number of pyridine rings is 1. The van der Waals surface area contributed by atoms with Gasteiger partial charge in [-0.05, 0) is 87.6 Å². The van der Waals surface area contributed by atoms with E-state index in [2.05, 4.69) is 53.4 Å². The normalized spacial score (nSPS) is 22.2. The van der Waals surface area contributed by atoms with Crippen molar-refractivity contribution in [2.24, 2.45) is 10.9 Å². The van der Waals surface area contributed by atoms with E-state index in [1.54, 1.807) is 53.7 Å². The average Bonchev–Trinajstić information content (AvgIpc) is 3.12. The van der Waals surface area contributed by atoms with Gasteiger partial charge in [0.25, 0.3) is 5.91 Å². The molecule has 4 heterocycles. The number of aromatic nitrogens is 3. The number of benzene rings is 1. The molecule has 0 radical (unpaired) electrons. The third-order valence-corrected chi connectivity index (χ3v) is 8.21. The summed E-state index contributed by atoms with van der Waals surface area (Å²) in [6.45, 7) is 5.87. The molecule has 12 heteroatoms. The first-order valence-corrected chi connectivity index (χ1v) is 16.0. The first-order chi connectivity index (χ1) is 23.7. The van der Waals surface area contributed by atoms with Crippen molar-refractivity contribution in [1.29, 1.82) is 0 Å². The van der Waals surface area contributed by atoms with Crippen LogP contribution in [0.25, 0.3) is 0 Å². The van der Waals surface area contributed by atoms with E-state index in [0.717, 1.165) is 28.9 Å². The van der Waals surface area contributed by atoms with Crippen molar-refractivity contribution >= 4 is 52.4 Å². The Hall–Kier alpha value is -6.17. The lowest BCUT2D eigenvalue weighted by Crippen LogP contribution is -2.39.